The molecule has 1 heterocycles. The molecule has 0 atom stereocenters. The van der Waals surface area contributed by atoms with Crippen molar-refractivity contribution in [1.82, 2.24) is 10.3 Å². The summed E-state index contributed by atoms with van der Waals surface area (Å²) in [5, 5.41) is 3.28. The van der Waals surface area contributed by atoms with Crippen LogP contribution in [0.15, 0.2) is 47.5 Å². The van der Waals surface area contributed by atoms with Crippen LogP contribution in [0.2, 0.25) is 5.02 Å². The lowest BCUT2D eigenvalue weighted by molar-refractivity contribution is 0.0956. The highest BCUT2D eigenvalue weighted by molar-refractivity contribution is 7.99. The van der Waals surface area contributed by atoms with Crippen molar-refractivity contribution in [2.24, 2.45) is 0 Å². The molecule has 0 spiro atoms. The van der Waals surface area contributed by atoms with Crippen LogP contribution in [-0.4, -0.2) is 23.2 Å². The van der Waals surface area contributed by atoms with Crippen molar-refractivity contribution in [3.8, 4) is 0 Å². The summed E-state index contributed by atoms with van der Waals surface area (Å²) in [5.74, 6) is 0.628. The first-order valence-corrected chi connectivity index (χ1v) is 7.61. The second kappa shape index (κ2) is 7.31. The number of amides is 1. The molecule has 1 aromatic carbocycles. The minimum absolute atomic E-state index is 0.184. The Morgan fingerprint density at radius 3 is 2.80 bits per heavy atom. The summed E-state index contributed by atoms with van der Waals surface area (Å²) < 4.78 is 0. The molecule has 1 N–H and O–H groups in total. The zero-order chi connectivity index (χ0) is 14.4. The number of benzene rings is 1. The number of carbonyl (C=O) groups is 1. The third-order valence-corrected chi connectivity index (χ3v) is 3.96. The average molecular weight is 307 g/mol. The molecule has 0 radical (unpaired) electrons. The van der Waals surface area contributed by atoms with Gasteiger partial charge in [0.2, 0.25) is 0 Å². The summed E-state index contributed by atoms with van der Waals surface area (Å²) in [7, 11) is 0. The number of hydrogen-bond donors (Lipinski definition) is 1. The fourth-order valence-electron chi connectivity index (χ4n) is 1.64. The standard InChI is InChI=1S/C15H15ClN2OS/c1-11-9-14(16)13(10-18-11)15(19)17-7-8-20-12-5-3-2-4-6-12/h2-6,9-10H,7-8H2,1H3,(H,17,19). The molecule has 1 amide bonds. The lowest BCUT2D eigenvalue weighted by atomic mass is 10.2. The number of pyridine rings is 1. The number of halogens is 1. The van der Waals surface area contributed by atoms with E-state index in [0.717, 1.165) is 11.4 Å². The van der Waals surface area contributed by atoms with Gasteiger partial charge < -0.3 is 5.32 Å². The van der Waals surface area contributed by atoms with Gasteiger partial charge in [-0.15, -0.1) is 11.8 Å². The second-order valence-electron chi connectivity index (χ2n) is 4.22. The fraction of sp³-hybridized carbons (Fsp3) is 0.200. The Labute approximate surface area is 127 Å². The number of carbonyl (C=O) groups excluding carboxylic acids is 1. The Kier molecular flexibility index (Phi) is 5.44. The molecule has 20 heavy (non-hydrogen) atoms. The number of thioether (sulfide) groups is 1. The summed E-state index contributed by atoms with van der Waals surface area (Å²) in [6.45, 7) is 2.42. The molecule has 2 aromatic rings. The fourth-order valence-corrected chi connectivity index (χ4v) is 2.72. The minimum Gasteiger partial charge on any atom is -0.351 e. The smallest absolute Gasteiger partial charge is 0.254 e. The predicted molar refractivity (Wildman–Crippen MR) is 83.5 cm³/mol. The molecule has 0 aliphatic carbocycles. The normalized spacial score (nSPS) is 10.3. The van der Waals surface area contributed by atoms with Crippen molar-refractivity contribution < 1.29 is 4.79 Å². The van der Waals surface area contributed by atoms with Crippen LogP contribution in [0.1, 0.15) is 16.1 Å². The van der Waals surface area contributed by atoms with E-state index in [1.54, 1.807) is 17.8 Å². The Balaban J connectivity index is 1.80. The lowest BCUT2D eigenvalue weighted by Crippen LogP contribution is -2.26. The van der Waals surface area contributed by atoms with Crippen molar-refractivity contribution >= 4 is 29.3 Å². The van der Waals surface area contributed by atoms with E-state index in [4.69, 9.17) is 11.6 Å². The zero-order valence-electron chi connectivity index (χ0n) is 11.1. The maximum Gasteiger partial charge on any atom is 0.254 e. The van der Waals surface area contributed by atoms with Crippen molar-refractivity contribution in [3.05, 3.63) is 58.9 Å². The lowest BCUT2D eigenvalue weighted by Gasteiger charge is -2.07. The largest absolute Gasteiger partial charge is 0.351 e. The number of hydrogen-bond acceptors (Lipinski definition) is 3. The Hall–Kier alpha value is -1.52. The third kappa shape index (κ3) is 4.25. The predicted octanol–water partition coefficient (Wildman–Crippen LogP) is 3.57. The van der Waals surface area contributed by atoms with Crippen molar-refractivity contribution in [1.29, 1.82) is 0 Å². The number of nitrogens with one attached hydrogen (secondary N) is 1. The van der Waals surface area contributed by atoms with E-state index >= 15 is 0 Å². The number of rotatable bonds is 5. The molecule has 0 bridgehead atoms. The third-order valence-electron chi connectivity index (χ3n) is 2.63. The second-order valence-corrected chi connectivity index (χ2v) is 5.80. The van der Waals surface area contributed by atoms with Crippen LogP contribution < -0.4 is 5.32 Å². The van der Waals surface area contributed by atoms with Crippen LogP contribution in [0.5, 0.6) is 0 Å². The van der Waals surface area contributed by atoms with Gasteiger partial charge in [-0.05, 0) is 25.1 Å². The van der Waals surface area contributed by atoms with Crippen molar-refractivity contribution in [3.63, 3.8) is 0 Å². The summed E-state index contributed by atoms with van der Waals surface area (Å²) >= 11 is 7.73. The van der Waals surface area contributed by atoms with Crippen LogP contribution in [0.4, 0.5) is 0 Å². The van der Waals surface area contributed by atoms with Gasteiger partial charge in [0.25, 0.3) is 5.91 Å². The molecule has 1 aromatic heterocycles. The molecule has 0 fully saturated rings. The maximum absolute atomic E-state index is 11.9. The first-order valence-electron chi connectivity index (χ1n) is 6.25. The first-order chi connectivity index (χ1) is 9.66. The van der Waals surface area contributed by atoms with Gasteiger partial charge in [0.05, 0.1) is 10.6 Å². The molecule has 0 unspecified atom stereocenters. The molecular weight excluding hydrogens is 292 g/mol. The summed E-state index contributed by atoms with van der Waals surface area (Å²) in [6, 6.07) is 11.8. The van der Waals surface area contributed by atoms with Crippen LogP contribution in [0.3, 0.4) is 0 Å². The molecule has 0 saturated heterocycles. The highest BCUT2D eigenvalue weighted by Gasteiger charge is 2.10. The van der Waals surface area contributed by atoms with Crippen LogP contribution in [0.25, 0.3) is 0 Å². The van der Waals surface area contributed by atoms with E-state index in [-0.39, 0.29) is 5.91 Å². The maximum atomic E-state index is 11.9. The molecule has 0 saturated carbocycles. The molecule has 104 valence electrons. The highest BCUT2D eigenvalue weighted by Crippen LogP contribution is 2.17. The van der Waals surface area contributed by atoms with Crippen molar-refractivity contribution in [2.45, 2.75) is 11.8 Å². The summed E-state index contributed by atoms with van der Waals surface area (Å²) in [6.07, 6.45) is 1.51. The summed E-state index contributed by atoms with van der Waals surface area (Å²) in [5.41, 5.74) is 1.22. The molecule has 2 rings (SSSR count). The quantitative estimate of drug-likeness (QED) is 0.678. The van der Waals surface area contributed by atoms with Crippen LogP contribution >= 0.6 is 23.4 Å². The van der Waals surface area contributed by atoms with Crippen molar-refractivity contribution in [2.75, 3.05) is 12.3 Å². The SMILES string of the molecule is Cc1cc(Cl)c(C(=O)NCCSc2ccccc2)cn1. The molecule has 0 aliphatic rings. The van der Waals surface area contributed by atoms with Gasteiger partial charge in [0, 0.05) is 29.1 Å². The molecule has 5 heteroatoms. The minimum atomic E-state index is -0.184. The highest BCUT2D eigenvalue weighted by atomic mass is 35.5. The van der Waals surface area contributed by atoms with Gasteiger partial charge in [-0.2, -0.15) is 0 Å². The van der Waals surface area contributed by atoms with E-state index in [0.29, 0.717) is 17.1 Å². The van der Waals surface area contributed by atoms with E-state index in [1.807, 2.05) is 37.3 Å². The summed E-state index contributed by atoms with van der Waals surface area (Å²) in [4.78, 5) is 17.2. The monoisotopic (exact) mass is 306 g/mol. The number of nitrogens with zero attached hydrogens (tertiary/aromatic N) is 1. The topological polar surface area (TPSA) is 42.0 Å². The van der Waals surface area contributed by atoms with Gasteiger partial charge in [0.1, 0.15) is 0 Å². The van der Waals surface area contributed by atoms with Gasteiger partial charge in [0.15, 0.2) is 0 Å². The van der Waals surface area contributed by atoms with Gasteiger partial charge in [-0.3, -0.25) is 9.78 Å². The van der Waals surface area contributed by atoms with Gasteiger partial charge in [-0.1, -0.05) is 29.8 Å². The molecule has 3 nitrogen and oxygen atoms in total. The Bertz CT molecular complexity index is 590. The Morgan fingerprint density at radius 2 is 2.10 bits per heavy atom. The van der Waals surface area contributed by atoms with E-state index in [9.17, 15) is 4.79 Å². The average Bonchev–Trinajstić information content (AvgIpc) is 2.44. The van der Waals surface area contributed by atoms with Gasteiger partial charge >= 0.3 is 0 Å². The first kappa shape index (κ1) is 14.9. The van der Waals surface area contributed by atoms with Gasteiger partial charge in [-0.25, -0.2) is 0 Å². The van der Waals surface area contributed by atoms with E-state index in [2.05, 4.69) is 10.3 Å². The molecule has 0 aliphatic heterocycles. The van der Waals surface area contributed by atoms with Crippen LogP contribution in [0, 0.1) is 6.92 Å². The number of aryl methyl sites for hydroxylation is 1. The Morgan fingerprint density at radius 1 is 1.35 bits per heavy atom. The zero-order valence-corrected chi connectivity index (χ0v) is 12.7. The number of aromatic nitrogens is 1. The van der Waals surface area contributed by atoms with E-state index in [1.165, 1.54) is 11.1 Å². The van der Waals surface area contributed by atoms with Crippen LogP contribution in [-0.2, 0) is 0 Å². The molecular formula is C15H15ClN2OS. The van der Waals surface area contributed by atoms with E-state index < -0.39 is 0 Å².